The fourth-order valence-electron chi connectivity index (χ4n) is 4.88. The highest BCUT2D eigenvalue weighted by atomic mass is 16.6. The van der Waals surface area contributed by atoms with Crippen LogP contribution in [0.1, 0.15) is 69.4 Å². The highest BCUT2D eigenvalue weighted by molar-refractivity contribution is 6.04. The number of aliphatic carboxylic acids is 1. The number of esters is 1. The third kappa shape index (κ3) is 16.9. The number of amides is 3. The summed E-state index contributed by atoms with van der Waals surface area (Å²) in [5, 5.41) is 17.5. The van der Waals surface area contributed by atoms with Crippen molar-refractivity contribution in [2.75, 3.05) is 0 Å². The molecule has 0 unspecified atom stereocenters. The van der Waals surface area contributed by atoms with E-state index < -0.39 is 46.9 Å². The number of nitrogens with one attached hydrogen (secondary N) is 3. The number of nitrogens with zero attached hydrogens (tertiary/aromatic N) is 2. The molecular formula is C42H52N6O9. The maximum atomic E-state index is 13.0. The van der Waals surface area contributed by atoms with Crippen molar-refractivity contribution in [1.82, 2.24) is 25.9 Å². The number of carbonyl (C=O) groups excluding carboxylic acids is 4. The van der Waals surface area contributed by atoms with Crippen molar-refractivity contribution >= 4 is 30.0 Å². The van der Waals surface area contributed by atoms with E-state index in [0.29, 0.717) is 12.1 Å². The summed E-state index contributed by atoms with van der Waals surface area (Å²) in [6.45, 7) is 11.0. The van der Waals surface area contributed by atoms with Gasteiger partial charge in [0.15, 0.2) is 0 Å². The van der Waals surface area contributed by atoms with Gasteiger partial charge < -0.3 is 41.0 Å². The predicted octanol–water partition coefficient (Wildman–Crippen LogP) is 5.01. The van der Waals surface area contributed by atoms with E-state index in [1.165, 1.54) is 6.20 Å². The smallest absolute Gasteiger partial charge is 0.408 e. The van der Waals surface area contributed by atoms with Gasteiger partial charge in [0.2, 0.25) is 11.4 Å². The Kier molecular flexibility index (Phi) is 16.7. The molecule has 4 aromatic rings. The Labute approximate surface area is 332 Å². The van der Waals surface area contributed by atoms with Gasteiger partial charge in [0.1, 0.15) is 23.9 Å². The minimum atomic E-state index is -2.11. The molecule has 0 saturated heterocycles. The van der Waals surface area contributed by atoms with Gasteiger partial charge in [0.25, 0.3) is 0 Å². The normalized spacial score (nSPS) is 12.6. The fraction of sp³-hybridized carbons (Fsp3) is 0.357. The summed E-state index contributed by atoms with van der Waals surface area (Å²) in [5.41, 5.74) is 6.15. The first-order valence-electron chi connectivity index (χ1n) is 18.2. The summed E-state index contributed by atoms with van der Waals surface area (Å²) in [6, 6.07) is 23.0. The van der Waals surface area contributed by atoms with Gasteiger partial charge in [-0.1, -0.05) is 66.7 Å². The van der Waals surface area contributed by atoms with Crippen molar-refractivity contribution in [3.05, 3.63) is 131 Å². The van der Waals surface area contributed by atoms with Crippen LogP contribution >= 0.6 is 0 Å². The van der Waals surface area contributed by atoms with E-state index in [-0.39, 0.29) is 31.9 Å². The number of carboxylic acids is 1. The molecule has 0 bridgehead atoms. The number of carbonyl (C=O) groups is 5. The van der Waals surface area contributed by atoms with E-state index in [2.05, 4.69) is 25.9 Å². The molecule has 15 heteroatoms. The standard InChI is InChI=1S/C29H34N4O5.C13H18N2O4/c1-29(2,3)38-28(36)33-25(16-24-10-7-15-30-17-24)26(34)31-18-21-11-13-22(14-12-21)19-32-27(35)37-20-23-8-5-4-6-9-23;1-12(2,3)19-11(18)13(14,10(16)17)7-9-5-4-6-15-8-9/h4-15,17,25H,16,18-20H2,1-3H3,(H,31,34)(H,32,35)(H,33,36);4-6,8H,7,14H2,1-3H3,(H,16,17)/t25-;13-/m00/s1. The number of ether oxygens (including phenoxy) is 3. The second-order valence-corrected chi connectivity index (χ2v) is 15.0. The monoisotopic (exact) mass is 784 g/mol. The van der Waals surface area contributed by atoms with Gasteiger partial charge in [-0.15, -0.1) is 0 Å². The molecule has 0 aliphatic heterocycles. The number of pyridine rings is 2. The summed E-state index contributed by atoms with van der Waals surface area (Å²) in [6.07, 6.45) is 5.25. The Bertz CT molecular complexity index is 1900. The van der Waals surface area contributed by atoms with Crippen LogP contribution in [0.25, 0.3) is 0 Å². The van der Waals surface area contributed by atoms with Crippen LogP contribution in [0.15, 0.2) is 104 Å². The van der Waals surface area contributed by atoms with E-state index >= 15 is 0 Å². The zero-order chi connectivity index (χ0) is 42.1. The van der Waals surface area contributed by atoms with E-state index in [1.807, 2.05) is 60.7 Å². The quantitative estimate of drug-likeness (QED) is 0.0647. The molecule has 15 nitrogen and oxygen atoms in total. The van der Waals surface area contributed by atoms with Gasteiger partial charge in [-0.2, -0.15) is 0 Å². The van der Waals surface area contributed by atoms with Gasteiger partial charge in [-0.25, -0.2) is 19.2 Å². The average molecular weight is 785 g/mol. The van der Waals surface area contributed by atoms with Crippen molar-refractivity contribution in [3.63, 3.8) is 0 Å². The molecule has 304 valence electrons. The van der Waals surface area contributed by atoms with Gasteiger partial charge in [-0.3, -0.25) is 14.8 Å². The SMILES string of the molecule is CC(C)(C)OC(=O)N[C@@H](Cc1cccnc1)C(=O)NCc1ccc(CNC(=O)OCc2ccccc2)cc1.CC(C)(C)OC(=O)[C@](N)(Cc1cccnc1)C(=O)O. The number of carboxylic acid groups (broad SMARTS) is 1. The number of alkyl carbamates (subject to hydrolysis) is 2. The van der Waals surface area contributed by atoms with Crippen molar-refractivity contribution in [3.8, 4) is 0 Å². The van der Waals surface area contributed by atoms with Gasteiger partial charge in [-0.05, 0) is 81.5 Å². The Morgan fingerprint density at radius 2 is 1.19 bits per heavy atom. The van der Waals surface area contributed by atoms with Crippen LogP contribution < -0.4 is 21.7 Å². The minimum absolute atomic E-state index is 0.176. The Morgan fingerprint density at radius 3 is 1.70 bits per heavy atom. The van der Waals surface area contributed by atoms with Crippen LogP contribution in [-0.4, -0.2) is 67.9 Å². The summed E-state index contributed by atoms with van der Waals surface area (Å²) >= 11 is 0. The summed E-state index contributed by atoms with van der Waals surface area (Å²) < 4.78 is 15.6. The molecule has 2 atom stereocenters. The maximum absolute atomic E-state index is 13.0. The first-order valence-corrected chi connectivity index (χ1v) is 18.2. The molecule has 2 aromatic heterocycles. The van der Waals surface area contributed by atoms with Gasteiger partial charge in [0, 0.05) is 50.7 Å². The van der Waals surface area contributed by atoms with Crippen molar-refractivity contribution in [2.24, 2.45) is 5.73 Å². The number of hydrogen-bond donors (Lipinski definition) is 5. The molecule has 4 rings (SSSR count). The third-order valence-electron chi connectivity index (χ3n) is 7.66. The molecule has 6 N–H and O–H groups in total. The van der Waals surface area contributed by atoms with Crippen LogP contribution in [0.2, 0.25) is 0 Å². The third-order valence-corrected chi connectivity index (χ3v) is 7.66. The summed E-state index contributed by atoms with van der Waals surface area (Å²) in [7, 11) is 0. The Hall–Kier alpha value is -6.35. The number of benzene rings is 2. The number of rotatable bonds is 14. The van der Waals surface area contributed by atoms with Crippen molar-refractivity contribution < 1.29 is 43.3 Å². The predicted molar refractivity (Wildman–Crippen MR) is 211 cm³/mol. The van der Waals surface area contributed by atoms with Crippen LogP contribution in [0.4, 0.5) is 9.59 Å². The number of nitrogens with two attached hydrogens (primary N) is 1. The highest BCUT2D eigenvalue weighted by Gasteiger charge is 2.45. The lowest BCUT2D eigenvalue weighted by Gasteiger charge is -2.28. The molecule has 3 amide bonds. The first kappa shape index (κ1) is 45.0. The molecular weight excluding hydrogens is 732 g/mol. The van der Waals surface area contributed by atoms with Crippen molar-refractivity contribution in [2.45, 2.75) is 96.9 Å². The van der Waals surface area contributed by atoms with E-state index in [9.17, 15) is 29.1 Å². The first-order chi connectivity index (χ1) is 26.8. The van der Waals surface area contributed by atoms with Crippen LogP contribution in [0.3, 0.4) is 0 Å². The molecule has 2 heterocycles. The topological polar surface area (TPSA) is 221 Å². The van der Waals surface area contributed by atoms with Crippen LogP contribution in [-0.2, 0) is 61.1 Å². The molecule has 57 heavy (non-hydrogen) atoms. The average Bonchev–Trinajstić information content (AvgIpc) is 3.15. The highest BCUT2D eigenvalue weighted by Crippen LogP contribution is 2.18. The minimum Gasteiger partial charge on any atom is -0.479 e. The molecule has 0 saturated carbocycles. The molecule has 2 aromatic carbocycles. The maximum Gasteiger partial charge on any atom is 0.408 e. The Morgan fingerprint density at radius 1 is 0.667 bits per heavy atom. The number of aromatic nitrogens is 2. The molecule has 0 aliphatic rings. The zero-order valence-corrected chi connectivity index (χ0v) is 33.1. The van der Waals surface area contributed by atoms with E-state index in [1.54, 1.807) is 78.3 Å². The summed E-state index contributed by atoms with van der Waals surface area (Å²) in [4.78, 5) is 68.5. The zero-order valence-electron chi connectivity index (χ0n) is 33.1. The second kappa shape index (κ2) is 21.1. The van der Waals surface area contributed by atoms with E-state index in [0.717, 1.165) is 22.3 Å². The lowest BCUT2D eigenvalue weighted by atomic mass is 9.92. The van der Waals surface area contributed by atoms with E-state index in [4.69, 9.17) is 19.9 Å². The van der Waals surface area contributed by atoms with Crippen molar-refractivity contribution in [1.29, 1.82) is 0 Å². The van der Waals surface area contributed by atoms with Crippen LogP contribution in [0, 0.1) is 0 Å². The fourth-order valence-corrected chi connectivity index (χ4v) is 4.88. The van der Waals surface area contributed by atoms with Gasteiger partial charge in [0.05, 0.1) is 0 Å². The molecule has 0 radical (unpaired) electrons. The lowest BCUT2D eigenvalue weighted by Crippen LogP contribution is -2.58. The lowest BCUT2D eigenvalue weighted by molar-refractivity contribution is -0.169. The van der Waals surface area contributed by atoms with Crippen LogP contribution in [0.5, 0.6) is 0 Å². The Balaban J connectivity index is 0.000000384. The molecule has 0 spiro atoms. The van der Waals surface area contributed by atoms with Gasteiger partial charge >= 0.3 is 24.1 Å². The molecule has 0 aliphatic carbocycles. The molecule has 0 fully saturated rings. The summed E-state index contributed by atoms with van der Waals surface area (Å²) in [5.74, 6) is -2.73. The largest absolute Gasteiger partial charge is 0.479 e. The number of hydrogen-bond acceptors (Lipinski definition) is 11. The second-order valence-electron chi connectivity index (χ2n) is 15.0.